The smallest absolute Gasteiger partial charge is 0.308 e. The van der Waals surface area contributed by atoms with Gasteiger partial charge in [-0.2, -0.15) is 0 Å². The Morgan fingerprint density at radius 1 is 0.412 bits per heavy atom. The predicted octanol–water partition coefficient (Wildman–Crippen LogP) is 1.40. The molecule has 0 N–H and O–H groups in total. The van der Waals surface area contributed by atoms with E-state index in [1.54, 1.807) is 6.92 Å². The summed E-state index contributed by atoms with van der Waals surface area (Å²) < 4.78 is 47.3. The molecule has 0 radical (unpaired) electrons. The van der Waals surface area contributed by atoms with E-state index in [4.69, 9.17) is 42.6 Å². The fourth-order valence-electron chi connectivity index (χ4n) is 2.30. The number of rotatable bonds is 27. The van der Waals surface area contributed by atoms with Crippen LogP contribution in [0.3, 0.4) is 0 Å². The summed E-state index contributed by atoms with van der Waals surface area (Å²) >= 11 is 0. The second-order valence-electron chi connectivity index (χ2n) is 6.81. The van der Waals surface area contributed by atoms with Crippen LogP contribution in [0, 0.1) is 0 Å². The second kappa shape index (κ2) is 27.9. The Balaban J connectivity index is 3.08. The van der Waals surface area contributed by atoms with Crippen molar-refractivity contribution in [1.82, 2.24) is 0 Å². The van der Waals surface area contributed by atoms with Crippen LogP contribution in [0.25, 0.3) is 0 Å². The molecular formula is C23H44O11. The van der Waals surface area contributed by atoms with Crippen LogP contribution in [-0.2, 0) is 52.2 Å². The molecule has 0 bridgehead atoms. The molecule has 0 aliphatic heterocycles. The van der Waals surface area contributed by atoms with E-state index < -0.39 is 0 Å². The van der Waals surface area contributed by atoms with Gasteiger partial charge in [0.05, 0.1) is 106 Å². The summed E-state index contributed by atoms with van der Waals surface area (Å²) in [6.07, 6.45) is 1.48. The monoisotopic (exact) mass is 496 g/mol. The SMILES string of the molecule is CCCC(=O)OCCOCCOCCOCCOCCOCCOCCOCCC(=O)OCC. The molecule has 0 aliphatic carbocycles. The van der Waals surface area contributed by atoms with E-state index in [0.717, 1.165) is 6.42 Å². The van der Waals surface area contributed by atoms with Crippen LogP contribution >= 0.6 is 0 Å². The van der Waals surface area contributed by atoms with Gasteiger partial charge in [-0.25, -0.2) is 0 Å². The van der Waals surface area contributed by atoms with E-state index in [1.165, 1.54) is 0 Å². The van der Waals surface area contributed by atoms with Crippen LogP contribution in [0.2, 0.25) is 0 Å². The number of esters is 2. The summed E-state index contributed by atoms with van der Waals surface area (Å²) in [7, 11) is 0. The molecule has 0 aromatic carbocycles. The van der Waals surface area contributed by atoms with Crippen LogP contribution in [0.4, 0.5) is 0 Å². The van der Waals surface area contributed by atoms with E-state index in [9.17, 15) is 9.59 Å². The van der Waals surface area contributed by atoms with Crippen molar-refractivity contribution in [2.75, 3.05) is 106 Å². The van der Waals surface area contributed by atoms with Crippen molar-refractivity contribution in [3.8, 4) is 0 Å². The van der Waals surface area contributed by atoms with Crippen LogP contribution in [0.5, 0.6) is 0 Å². The maximum absolute atomic E-state index is 11.1. The number of ether oxygens (including phenoxy) is 9. The normalized spacial score (nSPS) is 11.0. The third-order valence-corrected chi connectivity index (χ3v) is 3.93. The lowest BCUT2D eigenvalue weighted by atomic mass is 10.3. The van der Waals surface area contributed by atoms with Crippen molar-refractivity contribution >= 4 is 11.9 Å². The zero-order valence-corrected chi connectivity index (χ0v) is 20.9. The molecule has 0 aliphatic rings. The van der Waals surface area contributed by atoms with Gasteiger partial charge in [-0.05, 0) is 13.3 Å². The topological polar surface area (TPSA) is 117 Å². The highest BCUT2D eigenvalue weighted by molar-refractivity contribution is 5.69. The first-order chi connectivity index (χ1) is 16.7. The highest BCUT2D eigenvalue weighted by Crippen LogP contribution is 1.91. The summed E-state index contributed by atoms with van der Waals surface area (Å²) in [6, 6.07) is 0. The fraction of sp³-hybridized carbons (Fsp3) is 0.913. The number of carbonyl (C=O) groups is 2. The minimum atomic E-state index is -0.252. The second-order valence-corrected chi connectivity index (χ2v) is 6.81. The third-order valence-electron chi connectivity index (χ3n) is 3.93. The Hall–Kier alpha value is -1.34. The molecule has 0 unspecified atom stereocenters. The van der Waals surface area contributed by atoms with Gasteiger partial charge in [0.15, 0.2) is 0 Å². The molecule has 0 rings (SSSR count). The molecule has 0 heterocycles. The lowest BCUT2D eigenvalue weighted by Crippen LogP contribution is -2.15. The average Bonchev–Trinajstić information content (AvgIpc) is 2.82. The Labute approximate surface area is 203 Å². The molecular weight excluding hydrogens is 452 g/mol. The van der Waals surface area contributed by atoms with E-state index in [1.807, 2.05) is 6.92 Å². The zero-order valence-electron chi connectivity index (χ0n) is 20.9. The molecule has 0 aromatic rings. The van der Waals surface area contributed by atoms with Crippen molar-refractivity contribution in [3.63, 3.8) is 0 Å². The van der Waals surface area contributed by atoms with Gasteiger partial charge in [0.2, 0.25) is 0 Å². The highest BCUT2D eigenvalue weighted by atomic mass is 16.6. The molecule has 0 saturated carbocycles. The first kappa shape index (κ1) is 32.7. The summed E-state index contributed by atoms with van der Waals surface area (Å²) in [6.45, 7) is 10.7. The van der Waals surface area contributed by atoms with E-state index in [-0.39, 0.29) is 25.0 Å². The number of carbonyl (C=O) groups excluding carboxylic acids is 2. The molecule has 34 heavy (non-hydrogen) atoms. The Bertz CT molecular complexity index is 409. The highest BCUT2D eigenvalue weighted by Gasteiger charge is 2.01. The van der Waals surface area contributed by atoms with Crippen LogP contribution in [0.15, 0.2) is 0 Å². The quantitative estimate of drug-likeness (QED) is 0.121. The average molecular weight is 497 g/mol. The van der Waals surface area contributed by atoms with Gasteiger partial charge in [0.25, 0.3) is 0 Å². The third kappa shape index (κ3) is 26.9. The maximum atomic E-state index is 11.1. The Morgan fingerprint density at radius 3 is 1.09 bits per heavy atom. The number of hydrogen-bond donors (Lipinski definition) is 0. The van der Waals surface area contributed by atoms with Gasteiger partial charge in [0.1, 0.15) is 6.61 Å². The lowest BCUT2D eigenvalue weighted by molar-refractivity contribution is -0.146. The summed E-state index contributed by atoms with van der Waals surface area (Å²) in [5.74, 6) is -0.442. The van der Waals surface area contributed by atoms with Gasteiger partial charge in [-0.1, -0.05) is 6.92 Å². The zero-order chi connectivity index (χ0) is 25.0. The van der Waals surface area contributed by atoms with Crippen LogP contribution in [-0.4, -0.2) is 118 Å². The van der Waals surface area contributed by atoms with Crippen molar-refractivity contribution in [2.45, 2.75) is 33.1 Å². The first-order valence-corrected chi connectivity index (χ1v) is 12.1. The fourth-order valence-corrected chi connectivity index (χ4v) is 2.30. The molecule has 11 heteroatoms. The standard InChI is InChI=1S/C23H44O11/c1-3-5-22(24)34-21-20-32-19-18-31-17-16-30-15-14-29-13-12-28-11-10-27-9-8-26-7-6-23(25)33-4-2/h3-21H2,1-2H3. The van der Waals surface area contributed by atoms with E-state index in [0.29, 0.717) is 106 Å². The minimum absolute atomic E-state index is 0.190. The molecule has 0 atom stereocenters. The lowest BCUT2D eigenvalue weighted by Gasteiger charge is -2.08. The maximum Gasteiger partial charge on any atom is 0.308 e. The van der Waals surface area contributed by atoms with E-state index in [2.05, 4.69) is 0 Å². The molecule has 202 valence electrons. The Morgan fingerprint density at radius 2 is 0.735 bits per heavy atom. The molecule has 0 spiro atoms. The van der Waals surface area contributed by atoms with Crippen molar-refractivity contribution in [1.29, 1.82) is 0 Å². The molecule has 11 nitrogen and oxygen atoms in total. The first-order valence-electron chi connectivity index (χ1n) is 12.1. The van der Waals surface area contributed by atoms with E-state index >= 15 is 0 Å². The van der Waals surface area contributed by atoms with Gasteiger partial charge in [0, 0.05) is 6.42 Å². The van der Waals surface area contributed by atoms with Gasteiger partial charge < -0.3 is 42.6 Å². The largest absolute Gasteiger partial charge is 0.466 e. The molecule has 0 amide bonds. The number of hydrogen-bond acceptors (Lipinski definition) is 11. The Kier molecular flexibility index (Phi) is 26.8. The molecule has 0 fully saturated rings. The van der Waals surface area contributed by atoms with Crippen molar-refractivity contribution in [2.24, 2.45) is 0 Å². The van der Waals surface area contributed by atoms with Crippen molar-refractivity contribution < 1.29 is 52.2 Å². The predicted molar refractivity (Wildman–Crippen MR) is 123 cm³/mol. The summed E-state index contributed by atoms with van der Waals surface area (Å²) in [5.41, 5.74) is 0. The summed E-state index contributed by atoms with van der Waals surface area (Å²) in [5, 5.41) is 0. The van der Waals surface area contributed by atoms with Crippen LogP contribution < -0.4 is 0 Å². The van der Waals surface area contributed by atoms with Crippen LogP contribution in [0.1, 0.15) is 33.1 Å². The van der Waals surface area contributed by atoms with Gasteiger partial charge in [-0.15, -0.1) is 0 Å². The van der Waals surface area contributed by atoms with Gasteiger partial charge >= 0.3 is 11.9 Å². The minimum Gasteiger partial charge on any atom is -0.466 e. The van der Waals surface area contributed by atoms with Crippen molar-refractivity contribution in [3.05, 3.63) is 0 Å². The van der Waals surface area contributed by atoms with Gasteiger partial charge in [-0.3, -0.25) is 9.59 Å². The summed E-state index contributed by atoms with van der Waals surface area (Å²) in [4.78, 5) is 22.2. The molecule has 0 aromatic heterocycles. The molecule has 0 saturated heterocycles.